The van der Waals surface area contributed by atoms with Crippen LogP contribution in [0.25, 0.3) is 22.6 Å². The number of amides is 1. The Morgan fingerprint density at radius 3 is 2.66 bits per heavy atom. The van der Waals surface area contributed by atoms with Gasteiger partial charge in [0.2, 0.25) is 11.8 Å². The zero-order valence-electron chi connectivity index (χ0n) is 23.3. The fourth-order valence-electron chi connectivity index (χ4n) is 5.25. The molecule has 5 rings (SSSR count). The van der Waals surface area contributed by atoms with Gasteiger partial charge in [-0.25, -0.2) is 0 Å². The van der Waals surface area contributed by atoms with Gasteiger partial charge in [0, 0.05) is 28.1 Å². The minimum Gasteiger partial charge on any atom is -0.419 e. The number of thioether (sulfide) groups is 1. The quantitative estimate of drug-likeness (QED) is 0.216. The van der Waals surface area contributed by atoms with Gasteiger partial charge in [-0.05, 0) is 74.8 Å². The predicted molar refractivity (Wildman–Crippen MR) is 161 cm³/mol. The molecular weight excluding hydrogens is 530 g/mol. The molecule has 1 aliphatic heterocycles. The zero-order valence-corrected chi connectivity index (χ0v) is 24.2. The SMILES string of the molecule is CC#CC1CCCN1C(=O)c1cc(-c2nnc([C@](C)(N)Cc3ccccc3)o2)cc(-c2cccc(SC)c2C#N)c1. The third-order valence-electron chi connectivity index (χ3n) is 7.25. The van der Waals surface area contributed by atoms with Crippen molar-refractivity contribution in [1.29, 1.82) is 5.26 Å². The predicted octanol–water partition coefficient (Wildman–Crippen LogP) is 6.04. The van der Waals surface area contributed by atoms with Crippen LogP contribution in [0.15, 0.2) is 76.0 Å². The normalized spacial score (nSPS) is 16.0. The van der Waals surface area contributed by atoms with Crippen molar-refractivity contribution in [3.8, 4) is 40.5 Å². The third-order valence-corrected chi connectivity index (χ3v) is 8.03. The molecule has 1 aromatic heterocycles. The van der Waals surface area contributed by atoms with E-state index in [4.69, 9.17) is 10.2 Å². The highest BCUT2D eigenvalue weighted by atomic mass is 32.2. The highest BCUT2D eigenvalue weighted by Gasteiger charge is 2.31. The molecular formula is C33H31N5O2S. The smallest absolute Gasteiger partial charge is 0.254 e. The van der Waals surface area contributed by atoms with E-state index in [-0.39, 0.29) is 17.8 Å². The molecule has 2 N–H and O–H groups in total. The average molecular weight is 562 g/mol. The first-order valence-electron chi connectivity index (χ1n) is 13.5. The number of rotatable bonds is 7. The molecule has 8 heteroatoms. The van der Waals surface area contributed by atoms with Gasteiger partial charge in [0.05, 0.1) is 17.1 Å². The van der Waals surface area contributed by atoms with Gasteiger partial charge in [-0.1, -0.05) is 48.4 Å². The Morgan fingerprint density at radius 1 is 1.15 bits per heavy atom. The number of aromatic nitrogens is 2. The minimum atomic E-state index is -0.898. The molecule has 2 atom stereocenters. The van der Waals surface area contributed by atoms with E-state index in [1.54, 1.807) is 13.0 Å². The molecule has 4 aromatic rings. The summed E-state index contributed by atoms with van der Waals surface area (Å²) in [4.78, 5) is 16.5. The third kappa shape index (κ3) is 5.90. The molecule has 1 fully saturated rings. The first-order valence-corrected chi connectivity index (χ1v) is 14.7. The number of benzene rings is 3. The van der Waals surface area contributed by atoms with Crippen molar-refractivity contribution in [3.63, 3.8) is 0 Å². The summed E-state index contributed by atoms with van der Waals surface area (Å²) >= 11 is 1.51. The fourth-order valence-corrected chi connectivity index (χ4v) is 5.82. The maximum atomic E-state index is 13.8. The van der Waals surface area contributed by atoms with Gasteiger partial charge in [0.25, 0.3) is 5.91 Å². The van der Waals surface area contributed by atoms with Crippen LogP contribution in [0.3, 0.4) is 0 Å². The Kier molecular flexibility index (Phi) is 8.26. The Labute approximate surface area is 244 Å². The van der Waals surface area contributed by atoms with Crippen LogP contribution in [0.1, 0.15) is 54.1 Å². The topological polar surface area (TPSA) is 109 Å². The first-order chi connectivity index (χ1) is 19.8. The highest BCUT2D eigenvalue weighted by molar-refractivity contribution is 7.98. The van der Waals surface area contributed by atoms with Crippen LogP contribution in [0.4, 0.5) is 0 Å². The summed E-state index contributed by atoms with van der Waals surface area (Å²) < 4.78 is 6.16. The van der Waals surface area contributed by atoms with E-state index in [1.165, 1.54) is 11.8 Å². The molecule has 3 aromatic carbocycles. The molecule has 0 radical (unpaired) electrons. The number of nitriles is 1. The summed E-state index contributed by atoms with van der Waals surface area (Å²) in [6.45, 7) is 4.29. The van der Waals surface area contributed by atoms with Gasteiger partial charge in [-0.15, -0.1) is 27.9 Å². The summed E-state index contributed by atoms with van der Waals surface area (Å²) in [6, 6.07) is 23.3. The van der Waals surface area contributed by atoms with E-state index in [1.807, 2.05) is 78.7 Å². The molecule has 1 amide bonds. The second kappa shape index (κ2) is 12.0. The molecule has 0 bridgehead atoms. The van der Waals surface area contributed by atoms with E-state index in [9.17, 15) is 10.1 Å². The van der Waals surface area contributed by atoms with Gasteiger partial charge < -0.3 is 15.1 Å². The summed E-state index contributed by atoms with van der Waals surface area (Å²) in [5.74, 6) is 6.56. The van der Waals surface area contributed by atoms with Gasteiger partial charge in [0.1, 0.15) is 6.07 Å². The van der Waals surface area contributed by atoms with Gasteiger partial charge in [0.15, 0.2) is 0 Å². The van der Waals surface area contributed by atoms with Crippen molar-refractivity contribution in [2.45, 2.75) is 49.6 Å². The molecule has 1 unspecified atom stereocenters. The van der Waals surface area contributed by atoms with E-state index in [0.29, 0.717) is 35.5 Å². The van der Waals surface area contributed by atoms with E-state index < -0.39 is 5.54 Å². The maximum absolute atomic E-state index is 13.8. The van der Waals surface area contributed by atoms with Crippen molar-refractivity contribution < 1.29 is 9.21 Å². The molecule has 1 aliphatic rings. The highest BCUT2D eigenvalue weighted by Crippen LogP contribution is 2.35. The lowest BCUT2D eigenvalue weighted by atomic mass is 9.94. The summed E-state index contributed by atoms with van der Waals surface area (Å²) in [5.41, 5.74) is 9.86. The van der Waals surface area contributed by atoms with Crippen LogP contribution in [-0.4, -0.2) is 39.8 Å². The number of nitrogens with zero attached hydrogens (tertiary/aromatic N) is 4. The van der Waals surface area contributed by atoms with E-state index in [2.05, 4.69) is 28.1 Å². The fraction of sp³-hybridized carbons (Fsp3) is 0.273. The lowest BCUT2D eigenvalue weighted by Gasteiger charge is -2.22. The van der Waals surface area contributed by atoms with Crippen LogP contribution in [0, 0.1) is 23.2 Å². The summed E-state index contributed by atoms with van der Waals surface area (Å²) in [7, 11) is 0. The number of carbonyl (C=O) groups excluding carboxylic acids is 1. The van der Waals surface area contributed by atoms with Crippen molar-refractivity contribution in [2.24, 2.45) is 5.73 Å². The number of hydrogen-bond donors (Lipinski definition) is 1. The second-order valence-electron chi connectivity index (χ2n) is 10.3. The Balaban J connectivity index is 1.59. The van der Waals surface area contributed by atoms with Crippen LogP contribution in [-0.2, 0) is 12.0 Å². The average Bonchev–Trinajstić information content (AvgIpc) is 3.67. The first kappa shape index (κ1) is 28.2. The zero-order chi connectivity index (χ0) is 29.0. The van der Waals surface area contributed by atoms with Crippen LogP contribution in [0.2, 0.25) is 0 Å². The number of nitrogens with two attached hydrogens (primary N) is 1. The Hall–Kier alpha value is -4.37. The monoisotopic (exact) mass is 561 g/mol. The van der Waals surface area contributed by atoms with Gasteiger partial charge >= 0.3 is 0 Å². The lowest BCUT2D eigenvalue weighted by Crippen LogP contribution is -2.35. The molecule has 0 aliphatic carbocycles. The maximum Gasteiger partial charge on any atom is 0.254 e. The van der Waals surface area contributed by atoms with E-state index in [0.717, 1.165) is 34.4 Å². The van der Waals surface area contributed by atoms with Crippen molar-refractivity contribution >= 4 is 17.7 Å². The summed E-state index contributed by atoms with van der Waals surface area (Å²) in [5, 5.41) is 18.7. The molecule has 0 spiro atoms. The molecule has 7 nitrogen and oxygen atoms in total. The van der Waals surface area contributed by atoms with Crippen molar-refractivity contribution in [1.82, 2.24) is 15.1 Å². The minimum absolute atomic E-state index is 0.120. The van der Waals surface area contributed by atoms with Crippen LogP contribution in [0.5, 0.6) is 0 Å². The summed E-state index contributed by atoms with van der Waals surface area (Å²) in [6.07, 6.45) is 4.19. The molecule has 41 heavy (non-hydrogen) atoms. The van der Waals surface area contributed by atoms with Crippen LogP contribution >= 0.6 is 11.8 Å². The van der Waals surface area contributed by atoms with Crippen molar-refractivity contribution in [3.05, 3.63) is 89.3 Å². The van der Waals surface area contributed by atoms with Gasteiger partial charge in [-0.3, -0.25) is 4.79 Å². The number of hydrogen-bond acceptors (Lipinski definition) is 7. The number of likely N-dealkylation sites (tertiary alicyclic amines) is 1. The van der Waals surface area contributed by atoms with E-state index >= 15 is 0 Å². The Bertz CT molecular complexity index is 1680. The second-order valence-corrected chi connectivity index (χ2v) is 11.2. The molecule has 1 saturated heterocycles. The molecule has 206 valence electrons. The van der Waals surface area contributed by atoms with Gasteiger partial charge in [-0.2, -0.15) is 5.26 Å². The Morgan fingerprint density at radius 2 is 1.93 bits per heavy atom. The number of carbonyl (C=O) groups is 1. The molecule has 2 heterocycles. The lowest BCUT2D eigenvalue weighted by molar-refractivity contribution is 0.0766. The standard InChI is InChI=1S/C33H31N5O2S/c1-4-10-26-13-9-16-38(26)31(39)25-18-23(27-14-8-15-29(41-3)28(27)21-34)17-24(19-25)30-36-37-32(40-30)33(2,35)20-22-11-6-5-7-12-22/h5-8,11-12,14-15,17-19,26H,9,13,16,20,35H2,1-3H3/t26?,33-/m1/s1. The molecule has 0 saturated carbocycles. The largest absolute Gasteiger partial charge is 0.419 e. The van der Waals surface area contributed by atoms with Crippen LogP contribution < -0.4 is 5.73 Å². The van der Waals surface area contributed by atoms with Crippen molar-refractivity contribution in [2.75, 3.05) is 12.8 Å².